The topological polar surface area (TPSA) is 67.6 Å². The summed E-state index contributed by atoms with van der Waals surface area (Å²) >= 11 is 5.92. The minimum Gasteiger partial charge on any atom is -0.496 e. The minimum atomic E-state index is -2.68. The molecule has 0 aromatic heterocycles. The van der Waals surface area contributed by atoms with Crippen LogP contribution < -0.4 is 15.8 Å². The molecule has 1 rings (SSSR count). The molecule has 5 nitrogen and oxygen atoms in total. The number of likely N-dealkylation sites (N-methyl/N-ethyl adjacent to an activating group) is 1. The first kappa shape index (κ1) is 14.8. The van der Waals surface area contributed by atoms with Crippen molar-refractivity contribution >= 4 is 35.6 Å². The van der Waals surface area contributed by atoms with Crippen LogP contribution in [-0.2, 0) is 0 Å². The van der Waals surface area contributed by atoms with E-state index in [1.54, 1.807) is 0 Å². The molecule has 0 radical (unpaired) electrons. The Labute approximate surface area is 141 Å². The van der Waals surface area contributed by atoms with Crippen LogP contribution in [0.15, 0.2) is 12.1 Å². The van der Waals surface area contributed by atoms with Crippen LogP contribution in [0.25, 0.3) is 0 Å². The van der Waals surface area contributed by atoms with Crippen LogP contribution in [-0.4, -0.2) is 44.0 Å². The standard InChI is InChI=1S/C14H22ClN3O2.ClH/c1-4-18(5-2)7-6-17-14(19)10-8-11(15)12(16)9-13(10)20-3;/h8-9H,4-7,16H2,1-3H3,(H,17,19);1H/i3D3;. The molecule has 0 spiro atoms. The average Bonchev–Trinajstić information content (AvgIpc) is 2.45. The Kier molecular flexibility index (Phi) is 6.82. The smallest absolute Gasteiger partial charge is 0.255 e. The van der Waals surface area contributed by atoms with Crippen LogP contribution in [0.1, 0.15) is 28.3 Å². The molecule has 0 aliphatic heterocycles. The number of methoxy groups -OCH3 is 1. The van der Waals surface area contributed by atoms with Gasteiger partial charge in [0.2, 0.25) is 0 Å². The number of hydrogen-bond donors (Lipinski definition) is 2. The fraction of sp³-hybridized carbons (Fsp3) is 0.500. The number of anilines is 1. The van der Waals surface area contributed by atoms with Crippen molar-refractivity contribution in [1.29, 1.82) is 0 Å². The molecule has 1 amide bonds. The first-order chi connectivity index (χ1) is 10.7. The van der Waals surface area contributed by atoms with E-state index in [0.29, 0.717) is 13.1 Å². The molecule has 7 heteroatoms. The highest BCUT2D eigenvalue weighted by Gasteiger charge is 2.14. The maximum absolute atomic E-state index is 12.3. The van der Waals surface area contributed by atoms with E-state index in [-0.39, 0.29) is 34.4 Å². The van der Waals surface area contributed by atoms with Crippen LogP contribution in [0.2, 0.25) is 5.02 Å². The van der Waals surface area contributed by atoms with Crippen molar-refractivity contribution in [1.82, 2.24) is 10.2 Å². The first-order valence-corrected chi connectivity index (χ1v) is 6.84. The third-order valence-corrected chi connectivity index (χ3v) is 3.39. The van der Waals surface area contributed by atoms with Crippen molar-refractivity contribution in [3.63, 3.8) is 0 Å². The molecule has 0 saturated heterocycles. The number of nitrogen functional groups attached to an aromatic ring is 1. The van der Waals surface area contributed by atoms with Crippen LogP contribution in [0.5, 0.6) is 5.75 Å². The third-order valence-electron chi connectivity index (χ3n) is 3.06. The van der Waals surface area contributed by atoms with E-state index in [9.17, 15) is 4.79 Å². The highest BCUT2D eigenvalue weighted by molar-refractivity contribution is 6.33. The second-order valence-corrected chi connectivity index (χ2v) is 4.66. The van der Waals surface area contributed by atoms with Crippen LogP contribution in [0.3, 0.4) is 0 Å². The molecule has 0 bridgehead atoms. The molecule has 120 valence electrons. The van der Waals surface area contributed by atoms with Gasteiger partial charge in [0.25, 0.3) is 5.91 Å². The van der Waals surface area contributed by atoms with E-state index in [2.05, 4.69) is 10.2 Å². The summed E-state index contributed by atoms with van der Waals surface area (Å²) in [6.45, 7) is 6.95. The molecule has 0 unspecified atom stereocenters. The molecule has 0 aliphatic carbocycles. The minimum absolute atomic E-state index is 0. The van der Waals surface area contributed by atoms with E-state index in [1.165, 1.54) is 12.1 Å². The number of nitrogens with two attached hydrogens (primary N) is 1. The fourth-order valence-electron chi connectivity index (χ4n) is 1.79. The molecule has 3 N–H and O–H groups in total. The van der Waals surface area contributed by atoms with E-state index in [4.69, 9.17) is 26.2 Å². The Balaban J connectivity index is 0.00000529. The largest absolute Gasteiger partial charge is 0.496 e. The van der Waals surface area contributed by atoms with Crippen LogP contribution >= 0.6 is 24.0 Å². The van der Waals surface area contributed by atoms with E-state index in [0.717, 1.165) is 13.1 Å². The second-order valence-electron chi connectivity index (χ2n) is 4.25. The third kappa shape index (κ3) is 5.61. The van der Waals surface area contributed by atoms with Crippen molar-refractivity contribution in [3.8, 4) is 5.75 Å². The van der Waals surface area contributed by atoms with Crippen molar-refractivity contribution in [2.45, 2.75) is 13.8 Å². The quantitative estimate of drug-likeness (QED) is 0.749. The number of hydrogen-bond acceptors (Lipinski definition) is 4. The zero-order chi connectivity index (χ0) is 17.6. The molecule has 0 atom stereocenters. The lowest BCUT2D eigenvalue weighted by atomic mass is 10.1. The Morgan fingerprint density at radius 2 is 2.14 bits per heavy atom. The highest BCUT2D eigenvalue weighted by atomic mass is 35.5. The lowest BCUT2D eigenvalue weighted by Crippen LogP contribution is -2.34. The fourth-order valence-corrected chi connectivity index (χ4v) is 1.96. The number of nitrogens with zero attached hydrogens (tertiary/aromatic N) is 1. The summed E-state index contributed by atoms with van der Waals surface area (Å²) < 4.78 is 26.4. The van der Waals surface area contributed by atoms with Gasteiger partial charge in [-0.15, -0.1) is 12.4 Å². The van der Waals surface area contributed by atoms with Gasteiger partial charge in [-0.25, -0.2) is 0 Å². The van der Waals surface area contributed by atoms with Gasteiger partial charge in [0, 0.05) is 19.2 Å². The summed E-state index contributed by atoms with van der Waals surface area (Å²) in [5.74, 6) is -0.578. The highest BCUT2D eigenvalue weighted by Crippen LogP contribution is 2.28. The number of halogens is 2. The molecular formula is C14H23Cl2N3O2. The SMILES string of the molecule is Cl.[2H]C([2H])([2H])Oc1cc(N)c(Cl)cc1C(=O)NCCN(CC)CC. The van der Waals surface area contributed by atoms with Gasteiger partial charge in [-0.3, -0.25) is 4.79 Å². The Hall–Kier alpha value is -1.17. The number of carbonyl (C=O) groups is 1. The van der Waals surface area contributed by atoms with Crippen molar-refractivity contribution in [2.75, 3.05) is 39.0 Å². The number of rotatable bonds is 7. The number of benzene rings is 1. The molecule has 1 aromatic rings. The number of ether oxygens (including phenoxy) is 1. The molecule has 0 fully saturated rings. The van der Waals surface area contributed by atoms with Crippen LogP contribution in [0.4, 0.5) is 5.69 Å². The second kappa shape index (κ2) is 9.71. The summed E-state index contributed by atoms with van der Waals surface area (Å²) in [6, 6.07) is 2.55. The summed E-state index contributed by atoms with van der Waals surface area (Å²) in [5, 5.41) is 2.89. The van der Waals surface area contributed by atoms with Gasteiger partial charge < -0.3 is 20.7 Å². The predicted octanol–water partition coefficient (Wildman–Crippen LogP) is 2.42. The van der Waals surface area contributed by atoms with Gasteiger partial charge in [-0.1, -0.05) is 25.4 Å². The van der Waals surface area contributed by atoms with Gasteiger partial charge in [0.1, 0.15) is 5.75 Å². The van der Waals surface area contributed by atoms with E-state index >= 15 is 0 Å². The normalized spacial score (nSPS) is 12.9. The lowest BCUT2D eigenvalue weighted by Gasteiger charge is -2.18. The number of amides is 1. The summed E-state index contributed by atoms with van der Waals surface area (Å²) in [6.07, 6.45) is 0. The molecule has 0 heterocycles. The average molecular weight is 339 g/mol. The molecular weight excluding hydrogens is 313 g/mol. The van der Waals surface area contributed by atoms with Crippen molar-refractivity contribution < 1.29 is 13.6 Å². The number of carbonyl (C=O) groups excluding carboxylic acids is 1. The van der Waals surface area contributed by atoms with Gasteiger partial charge in [0.05, 0.1) is 27.4 Å². The van der Waals surface area contributed by atoms with Gasteiger partial charge in [-0.05, 0) is 19.2 Å². The van der Waals surface area contributed by atoms with Gasteiger partial charge >= 0.3 is 0 Å². The first-order valence-electron chi connectivity index (χ1n) is 7.96. The molecule has 21 heavy (non-hydrogen) atoms. The maximum atomic E-state index is 12.3. The van der Waals surface area contributed by atoms with Crippen LogP contribution in [0, 0.1) is 0 Å². The van der Waals surface area contributed by atoms with Crippen molar-refractivity contribution in [2.24, 2.45) is 0 Å². The Bertz CT molecular complexity index is 553. The summed E-state index contributed by atoms with van der Waals surface area (Å²) in [4.78, 5) is 14.4. The summed E-state index contributed by atoms with van der Waals surface area (Å²) in [7, 11) is -2.68. The van der Waals surface area contributed by atoms with E-state index in [1.807, 2.05) is 13.8 Å². The number of nitrogens with one attached hydrogen (secondary N) is 1. The maximum Gasteiger partial charge on any atom is 0.255 e. The lowest BCUT2D eigenvalue weighted by molar-refractivity contribution is 0.0946. The van der Waals surface area contributed by atoms with E-state index < -0.39 is 12.9 Å². The summed E-state index contributed by atoms with van der Waals surface area (Å²) in [5.41, 5.74) is 5.84. The Morgan fingerprint density at radius 1 is 1.48 bits per heavy atom. The zero-order valence-corrected chi connectivity index (χ0v) is 13.7. The molecule has 1 aromatic carbocycles. The molecule has 0 saturated carbocycles. The Morgan fingerprint density at radius 3 is 2.71 bits per heavy atom. The zero-order valence-electron chi connectivity index (χ0n) is 15.1. The van der Waals surface area contributed by atoms with Crippen molar-refractivity contribution in [3.05, 3.63) is 22.7 Å². The van der Waals surface area contributed by atoms with Gasteiger partial charge in [-0.2, -0.15) is 0 Å². The molecule has 0 aliphatic rings. The van der Waals surface area contributed by atoms with Gasteiger partial charge in [0.15, 0.2) is 0 Å². The predicted molar refractivity (Wildman–Crippen MR) is 89.8 cm³/mol. The monoisotopic (exact) mass is 338 g/mol.